The van der Waals surface area contributed by atoms with Crippen molar-refractivity contribution in [2.75, 3.05) is 13.1 Å². The van der Waals surface area contributed by atoms with Crippen molar-refractivity contribution >= 4 is 23.7 Å². The topological polar surface area (TPSA) is 36.1 Å². The smallest absolute Gasteiger partial charge is 0.251 e. The summed E-state index contributed by atoms with van der Waals surface area (Å²) in [6.45, 7) is 6.12. The third-order valence-corrected chi connectivity index (χ3v) is 5.32. The molecule has 1 aliphatic heterocycles. The predicted molar refractivity (Wildman–Crippen MR) is 96.5 cm³/mol. The van der Waals surface area contributed by atoms with Crippen LogP contribution in [0.3, 0.4) is 0 Å². The molecular weight excluding hydrogens is 335 g/mol. The van der Waals surface area contributed by atoms with Crippen molar-refractivity contribution in [3.05, 3.63) is 44.7 Å². The van der Waals surface area contributed by atoms with Crippen molar-refractivity contribution in [2.45, 2.75) is 39.4 Å². The Morgan fingerprint density at radius 1 is 1.43 bits per heavy atom. The monoisotopic (exact) mass is 356 g/mol. The van der Waals surface area contributed by atoms with Crippen molar-refractivity contribution in [2.24, 2.45) is 0 Å². The number of aryl methyl sites for hydroxylation is 2. The third-order valence-electron chi connectivity index (χ3n) is 4.22. The number of nitrogens with zero attached hydrogens (tertiary/aromatic N) is 1. The summed E-state index contributed by atoms with van der Waals surface area (Å²) in [5.41, 5.74) is 2.82. The molecule has 0 radical (unpaired) electrons. The molecule has 0 saturated carbocycles. The number of hydrogen-bond acceptors (Lipinski definition) is 3. The number of nitrogens with one attached hydrogen (secondary N) is 1. The minimum Gasteiger partial charge on any atom is -0.326 e. The fraction of sp³-hybridized carbons (Fsp3) is 0.471. The summed E-state index contributed by atoms with van der Waals surface area (Å²) in [6.07, 6.45) is 0.705. The number of H-pyrrole nitrogens is 1. The summed E-state index contributed by atoms with van der Waals surface area (Å²) in [4.78, 5) is 19.3. The van der Waals surface area contributed by atoms with Crippen LogP contribution in [-0.4, -0.2) is 29.1 Å². The quantitative estimate of drug-likeness (QED) is 0.900. The molecule has 1 unspecified atom stereocenters. The van der Waals surface area contributed by atoms with Crippen LogP contribution in [-0.2, 0) is 13.0 Å². The van der Waals surface area contributed by atoms with Gasteiger partial charge in [-0.3, -0.25) is 9.69 Å². The normalized spacial score (nSPS) is 18.1. The SMILES string of the molecule is CCc1cc(-c2ccc(CN3CCC(F)C3)s2)c(C)[nH]c1=O.Cl. The molecule has 0 amide bonds. The zero-order chi connectivity index (χ0) is 15.7. The van der Waals surface area contributed by atoms with Gasteiger partial charge in [0.05, 0.1) is 0 Å². The molecule has 2 aromatic heterocycles. The minimum atomic E-state index is -0.673. The van der Waals surface area contributed by atoms with E-state index in [4.69, 9.17) is 0 Å². The van der Waals surface area contributed by atoms with Gasteiger partial charge < -0.3 is 4.98 Å². The Hall–Kier alpha value is -1.17. The number of pyridine rings is 1. The van der Waals surface area contributed by atoms with Crippen molar-refractivity contribution < 1.29 is 4.39 Å². The average Bonchev–Trinajstić information content (AvgIpc) is 3.09. The number of alkyl halides is 1. The fourth-order valence-corrected chi connectivity index (χ4v) is 4.07. The van der Waals surface area contributed by atoms with E-state index in [0.29, 0.717) is 13.0 Å². The van der Waals surface area contributed by atoms with Gasteiger partial charge in [-0.15, -0.1) is 23.7 Å². The van der Waals surface area contributed by atoms with Crippen LogP contribution < -0.4 is 5.56 Å². The second-order valence-corrected chi connectivity index (χ2v) is 7.07. The van der Waals surface area contributed by atoms with Gasteiger partial charge in [0.1, 0.15) is 6.17 Å². The summed E-state index contributed by atoms with van der Waals surface area (Å²) in [5, 5.41) is 0. The maximum absolute atomic E-state index is 13.2. The molecule has 1 atom stereocenters. The summed E-state index contributed by atoms with van der Waals surface area (Å²) >= 11 is 1.73. The Balaban J connectivity index is 0.00000192. The van der Waals surface area contributed by atoms with E-state index < -0.39 is 6.17 Å². The summed E-state index contributed by atoms with van der Waals surface area (Å²) in [5.74, 6) is 0. The van der Waals surface area contributed by atoms with Crippen molar-refractivity contribution in [3.63, 3.8) is 0 Å². The summed E-state index contributed by atoms with van der Waals surface area (Å²) < 4.78 is 13.2. The molecule has 23 heavy (non-hydrogen) atoms. The number of aromatic nitrogens is 1. The number of halogens is 2. The molecule has 3 heterocycles. The Morgan fingerprint density at radius 3 is 2.87 bits per heavy atom. The predicted octanol–water partition coefficient (Wildman–Crippen LogP) is 3.94. The van der Waals surface area contributed by atoms with Crippen molar-refractivity contribution in [3.8, 4) is 10.4 Å². The van der Waals surface area contributed by atoms with Gasteiger partial charge in [0.2, 0.25) is 0 Å². The van der Waals surface area contributed by atoms with Crippen molar-refractivity contribution in [1.29, 1.82) is 0 Å². The first-order chi connectivity index (χ1) is 10.6. The first-order valence-corrected chi connectivity index (χ1v) is 8.56. The molecule has 1 fully saturated rings. The van der Waals surface area contributed by atoms with E-state index in [1.165, 1.54) is 4.88 Å². The van der Waals surface area contributed by atoms with Crippen molar-refractivity contribution in [1.82, 2.24) is 9.88 Å². The highest BCUT2D eigenvalue weighted by Crippen LogP contribution is 2.31. The zero-order valence-corrected chi connectivity index (χ0v) is 15.0. The molecule has 1 N–H and O–H groups in total. The molecule has 2 aromatic rings. The van der Waals surface area contributed by atoms with Crippen LogP contribution in [0, 0.1) is 6.92 Å². The molecular formula is C17H22ClFN2OS. The molecule has 126 valence electrons. The number of rotatable bonds is 4. The van der Waals surface area contributed by atoms with E-state index in [1.54, 1.807) is 11.3 Å². The lowest BCUT2D eigenvalue weighted by atomic mass is 10.1. The largest absolute Gasteiger partial charge is 0.326 e. The van der Waals surface area contributed by atoms with Gasteiger partial charge in [0.15, 0.2) is 0 Å². The van der Waals surface area contributed by atoms with Gasteiger partial charge in [-0.2, -0.15) is 0 Å². The van der Waals surface area contributed by atoms with E-state index in [0.717, 1.165) is 41.2 Å². The molecule has 6 heteroatoms. The molecule has 3 nitrogen and oxygen atoms in total. The summed E-state index contributed by atoms with van der Waals surface area (Å²) in [6, 6.07) is 6.21. The van der Waals surface area contributed by atoms with Gasteiger partial charge >= 0.3 is 0 Å². The van der Waals surface area contributed by atoms with Crippen LogP contribution in [0.4, 0.5) is 4.39 Å². The number of hydrogen-bond donors (Lipinski definition) is 1. The Labute approximate surface area is 146 Å². The van der Waals surface area contributed by atoms with E-state index in [1.807, 2.05) is 19.9 Å². The van der Waals surface area contributed by atoms with Crippen LogP contribution in [0.15, 0.2) is 23.0 Å². The number of likely N-dealkylation sites (tertiary alicyclic amines) is 1. The van der Waals surface area contributed by atoms with E-state index in [-0.39, 0.29) is 18.0 Å². The first-order valence-electron chi connectivity index (χ1n) is 7.75. The van der Waals surface area contributed by atoms with Gasteiger partial charge in [-0.25, -0.2) is 4.39 Å². The first kappa shape index (κ1) is 18.2. The molecule has 1 saturated heterocycles. The van der Waals surface area contributed by atoms with E-state index in [9.17, 15) is 9.18 Å². The zero-order valence-electron chi connectivity index (χ0n) is 13.4. The lowest BCUT2D eigenvalue weighted by Gasteiger charge is -2.12. The maximum atomic E-state index is 13.2. The molecule has 3 rings (SSSR count). The Morgan fingerprint density at radius 2 is 2.22 bits per heavy atom. The fourth-order valence-electron chi connectivity index (χ4n) is 2.94. The van der Waals surface area contributed by atoms with Crippen LogP contribution >= 0.6 is 23.7 Å². The Bertz CT molecular complexity index is 728. The highest BCUT2D eigenvalue weighted by atomic mass is 35.5. The highest BCUT2D eigenvalue weighted by molar-refractivity contribution is 7.15. The molecule has 0 spiro atoms. The molecule has 1 aliphatic rings. The third kappa shape index (κ3) is 4.03. The van der Waals surface area contributed by atoms with E-state index >= 15 is 0 Å². The lowest BCUT2D eigenvalue weighted by Crippen LogP contribution is -2.19. The Kier molecular flexibility index (Phi) is 6.00. The standard InChI is InChI=1S/C17H21FN2OS.ClH/c1-3-12-8-15(11(2)19-17(12)21)16-5-4-14(22-16)10-20-7-6-13(18)9-20;/h4-5,8,13H,3,6-7,9-10H2,1-2H3,(H,19,21);1H. The van der Waals surface area contributed by atoms with Gasteiger partial charge in [-0.1, -0.05) is 6.92 Å². The second kappa shape index (κ2) is 7.60. The van der Waals surface area contributed by atoms with Crippen LogP contribution in [0.1, 0.15) is 29.5 Å². The number of aromatic amines is 1. The number of thiophene rings is 1. The average molecular weight is 357 g/mol. The molecule has 0 bridgehead atoms. The van der Waals surface area contributed by atoms with Crippen LogP contribution in [0.5, 0.6) is 0 Å². The van der Waals surface area contributed by atoms with Crippen LogP contribution in [0.25, 0.3) is 10.4 Å². The van der Waals surface area contributed by atoms with Gasteiger partial charge in [0.25, 0.3) is 5.56 Å². The van der Waals surface area contributed by atoms with Crippen LogP contribution in [0.2, 0.25) is 0 Å². The highest BCUT2D eigenvalue weighted by Gasteiger charge is 2.22. The van der Waals surface area contributed by atoms with E-state index in [2.05, 4.69) is 22.0 Å². The molecule has 0 aromatic carbocycles. The summed E-state index contributed by atoms with van der Waals surface area (Å²) in [7, 11) is 0. The minimum absolute atomic E-state index is 0. The maximum Gasteiger partial charge on any atom is 0.251 e. The lowest BCUT2D eigenvalue weighted by molar-refractivity contribution is 0.284. The van der Waals surface area contributed by atoms with Gasteiger partial charge in [0, 0.05) is 46.2 Å². The molecule has 0 aliphatic carbocycles. The second-order valence-electron chi connectivity index (χ2n) is 5.90. The van der Waals surface area contributed by atoms with Gasteiger partial charge in [-0.05, 0) is 38.0 Å².